The summed E-state index contributed by atoms with van der Waals surface area (Å²) >= 11 is 0. The highest BCUT2D eigenvalue weighted by atomic mass is 15.3. The first kappa shape index (κ1) is 13.0. The Morgan fingerprint density at radius 3 is 2.65 bits per heavy atom. The second-order valence-corrected chi connectivity index (χ2v) is 3.53. The zero-order valence-electron chi connectivity index (χ0n) is 9.57. The normalized spacial score (nSPS) is 9.59. The van der Waals surface area contributed by atoms with Gasteiger partial charge in [0.2, 0.25) is 0 Å². The average Bonchev–Trinajstić information content (AvgIpc) is 2.83. The van der Waals surface area contributed by atoms with Crippen molar-refractivity contribution in [1.29, 1.82) is 0 Å². The maximum absolute atomic E-state index is 4.15. The molecule has 0 saturated heterocycles. The van der Waals surface area contributed by atoms with Gasteiger partial charge in [-0.1, -0.05) is 25.8 Å². The predicted molar refractivity (Wildman–Crippen MR) is 64.4 cm³/mol. The molecule has 0 aliphatic heterocycles. The lowest BCUT2D eigenvalue weighted by atomic mass is 10.7. The zero-order chi connectivity index (χ0) is 11.5. The van der Waals surface area contributed by atoms with Gasteiger partial charge in [0.05, 0.1) is 13.4 Å². The molecule has 0 saturated carbocycles. The molecule has 17 heavy (non-hydrogen) atoms. The predicted octanol–water partition coefficient (Wildman–Crippen LogP) is 0.481. The first-order valence-corrected chi connectivity index (χ1v) is 4.94. The molecular weight excluding hydrogens is 216 g/mol. The smallest absolute Gasteiger partial charge is 0.147 e. The zero-order valence-corrected chi connectivity index (χ0v) is 9.57. The van der Waals surface area contributed by atoms with Crippen LogP contribution in [0, 0.1) is 6.92 Å². The van der Waals surface area contributed by atoms with E-state index in [9.17, 15) is 0 Å². The maximum atomic E-state index is 4.15. The largest absolute Gasteiger partial charge is 0.394 e. The van der Waals surface area contributed by atoms with E-state index >= 15 is 0 Å². The van der Waals surface area contributed by atoms with Crippen LogP contribution >= 0.6 is 0 Å². The van der Waals surface area contributed by atoms with Crippen molar-refractivity contribution < 1.29 is 4.68 Å². The van der Waals surface area contributed by atoms with Crippen LogP contribution in [0.1, 0.15) is 13.3 Å². The molecule has 0 unspecified atom stereocenters. The van der Waals surface area contributed by atoms with Crippen LogP contribution in [-0.4, -0.2) is 19.2 Å². The minimum absolute atomic E-state index is 0. The summed E-state index contributed by atoms with van der Waals surface area (Å²) in [5, 5.41) is 8.07. The Bertz CT molecular complexity index is 528. The van der Waals surface area contributed by atoms with Gasteiger partial charge in [0.1, 0.15) is 12.2 Å². The van der Waals surface area contributed by atoms with E-state index in [1.54, 1.807) is 15.7 Å². The van der Waals surface area contributed by atoms with Crippen molar-refractivity contribution in [1.82, 2.24) is 24.3 Å². The number of nitrogens with zero attached hydrogens (tertiary/aromatic N) is 6. The fraction of sp³-hybridized carbons (Fsp3) is 0.364. The molecular formula is C11H18N6. The first-order valence-electron chi connectivity index (χ1n) is 4.94. The van der Waals surface area contributed by atoms with E-state index in [4.69, 9.17) is 0 Å². The summed E-state index contributed by atoms with van der Waals surface area (Å²) in [5.74, 6) is 0.822. The highest BCUT2D eigenvalue weighted by Gasteiger charge is 1.84. The summed E-state index contributed by atoms with van der Waals surface area (Å²) < 4.78 is 5.44. The van der Waals surface area contributed by atoms with Gasteiger partial charge in [-0.2, -0.15) is 5.10 Å². The quantitative estimate of drug-likeness (QED) is 0.532. The van der Waals surface area contributed by atoms with Gasteiger partial charge >= 0.3 is 0 Å². The van der Waals surface area contributed by atoms with Crippen LogP contribution in [0.2, 0.25) is 0 Å². The molecule has 3 aromatic heterocycles. The topological polar surface area (TPSA) is 53.1 Å². The van der Waals surface area contributed by atoms with Crippen LogP contribution in [-0.2, 0) is 14.1 Å². The Morgan fingerprint density at radius 2 is 2.18 bits per heavy atom. The van der Waals surface area contributed by atoms with Gasteiger partial charge in [-0.25, -0.2) is 4.98 Å². The maximum Gasteiger partial charge on any atom is 0.147 e. The SMILES string of the molecule is C.C[n+]1cn2cccc2[n-]1.Cc1ncn(C)n1. The molecule has 0 spiro atoms. The van der Waals surface area contributed by atoms with Gasteiger partial charge in [-0.05, 0) is 12.6 Å². The highest BCUT2D eigenvalue weighted by Crippen LogP contribution is 1.93. The van der Waals surface area contributed by atoms with Crippen molar-refractivity contribution >= 4 is 5.65 Å². The van der Waals surface area contributed by atoms with E-state index in [0.29, 0.717) is 0 Å². The van der Waals surface area contributed by atoms with E-state index in [-0.39, 0.29) is 7.43 Å². The van der Waals surface area contributed by atoms with Crippen LogP contribution < -0.4 is 9.78 Å². The molecule has 0 N–H and O–H groups in total. The minimum atomic E-state index is 0. The molecule has 0 aliphatic rings. The van der Waals surface area contributed by atoms with Gasteiger partial charge in [-0.15, -0.1) is 0 Å². The molecule has 3 rings (SSSR count). The number of aromatic nitrogens is 6. The van der Waals surface area contributed by atoms with E-state index < -0.39 is 0 Å². The van der Waals surface area contributed by atoms with E-state index in [2.05, 4.69) is 15.2 Å². The van der Waals surface area contributed by atoms with Crippen LogP contribution in [0.15, 0.2) is 31.0 Å². The third-order valence-electron chi connectivity index (χ3n) is 2.02. The van der Waals surface area contributed by atoms with Crippen molar-refractivity contribution in [2.45, 2.75) is 14.4 Å². The van der Waals surface area contributed by atoms with Gasteiger partial charge < -0.3 is 4.40 Å². The molecule has 0 aliphatic carbocycles. The molecule has 0 radical (unpaired) electrons. The molecule has 3 aromatic rings. The van der Waals surface area contributed by atoms with Crippen molar-refractivity contribution in [2.75, 3.05) is 0 Å². The third kappa shape index (κ3) is 3.17. The minimum Gasteiger partial charge on any atom is -0.394 e. The number of aryl methyl sites for hydroxylation is 3. The van der Waals surface area contributed by atoms with Crippen LogP contribution in [0.3, 0.4) is 0 Å². The van der Waals surface area contributed by atoms with Crippen molar-refractivity contribution in [2.24, 2.45) is 14.1 Å². The average molecular weight is 234 g/mol. The fourth-order valence-corrected chi connectivity index (χ4v) is 1.38. The van der Waals surface area contributed by atoms with Gasteiger partial charge in [0.15, 0.2) is 0 Å². The summed E-state index contributed by atoms with van der Waals surface area (Å²) in [5.41, 5.74) is 0.998. The molecule has 0 aromatic carbocycles. The summed E-state index contributed by atoms with van der Waals surface area (Å²) in [4.78, 5) is 3.87. The van der Waals surface area contributed by atoms with E-state index in [1.807, 2.05) is 50.1 Å². The molecule has 6 nitrogen and oxygen atoms in total. The second-order valence-electron chi connectivity index (χ2n) is 3.53. The van der Waals surface area contributed by atoms with Gasteiger partial charge in [0.25, 0.3) is 0 Å². The number of fused-ring (bicyclic) bond motifs is 1. The summed E-state index contributed by atoms with van der Waals surface area (Å²) in [7, 11) is 3.76. The van der Waals surface area contributed by atoms with E-state index in [0.717, 1.165) is 11.5 Å². The van der Waals surface area contributed by atoms with Crippen LogP contribution in [0.25, 0.3) is 5.65 Å². The van der Waals surface area contributed by atoms with Crippen LogP contribution in [0.5, 0.6) is 0 Å². The Hall–Kier alpha value is -2.11. The molecule has 0 bridgehead atoms. The Balaban J connectivity index is 0.000000166. The first-order chi connectivity index (χ1) is 7.65. The molecule has 92 valence electrons. The van der Waals surface area contributed by atoms with Gasteiger partial charge in [0, 0.05) is 7.05 Å². The monoisotopic (exact) mass is 234 g/mol. The Morgan fingerprint density at radius 1 is 1.41 bits per heavy atom. The fourth-order valence-electron chi connectivity index (χ4n) is 1.38. The molecule has 0 atom stereocenters. The second kappa shape index (κ2) is 5.29. The molecule has 0 amide bonds. The standard InChI is InChI=1S/C6H7N3.C4H7N3.CH4/c1-8-5-9-4-2-3-6(9)7-8;1-4-5-3-7(2)6-4;/h2-5H,1H3;3H,1-2H3;1H4. The lowest BCUT2D eigenvalue weighted by Crippen LogP contribution is -2.30. The van der Waals surface area contributed by atoms with Gasteiger partial charge in [-0.3, -0.25) is 14.5 Å². The lowest BCUT2D eigenvalue weighted by Gasteiger charge is -1.81. The highest BCUT2D eigenvalue weighted by molar-refractivity contribution is 5.34. The number of hydrogen-bond acceptors (Lipinski definition) is 2. The Kier molecular flexibility index (Phi) is 4.03. The Labute approximate surface area is 101 Å². The van der Waals surface area contributed by atoms with Crippen molar-refractivity contribution in [3.63, 3.8) is 0 Å². The van der Waals surface area contributed by atoms with Crippen molar-refractivity contribution in [3.05, 3.63) is 36.8 Å². The summed E-state index contributed by atoms with van der Waals surface area (Å²) in [6.45, 7) is 1.86. The molecule has 0 fully saturated rings. The third-order valence-corrected chi connectivity index (χ3v) is 2.02. The molecule has 3 heterocycles. The summed E-state index contributed by atoms with van der Waals surface area (Å²) in [6.07, 6.45) is 5.58. The van der Waals surface area contributed by atoms with E-state index in [1.165, 1.54) is 0 Å². The van der Waals surface area contributed by atoms with Crippen LogP contribution in [0.4, 0.5) is 0 Å². The molecule has 6 heteroatoms. The number of rotatable bonds is 0. The lowest BCUT2D eigenvalue weighted by molar-refractivity contribution is -0.731. The van der Waals surface area contributed by atoms with Crippen molar-refractivity contribution in [3.8, 4) is 0 Å². The number of hydrogen-bond donors (Lipinski definition) is 0. The summed E-state index contributed by atoms with van der Waals surface area (Å²) in [6, 6.07) is 3.95.